The molecule has 0 aliphatic carbocycles. The minimum absolute atomic E-state index is 0.0263. The first kappa shape index (κ1) is 13.1. The molecule has 1 unspecified atom stereocenters. The zero-order valence-corrected chi connectivity index (χ0v) is 8.53. The van der Waals surface area contributed by atoms with Gasteiger partial charge < -0.3 is 10.2 Å². The van der Waals surface area contributed by atoms with Gasteiger partial charge in [0, 0.05) is 12.8 Å². The van der Waals surface area contributed by atoms with Crippen LogP contribution in [0.1, 0.15) is 45.4 Å². The van der Waals surface area contributed by atoms with Crippen LogP contribution in [0.3, 0.4) is 0 Å². The number of carbonyl (C=O) groups is 2. The molecular formula is C10H18O4. The summed E-state index contributed by atoms with van der Waals surface area (Å²) in [5, 5.41) is 17.7. The van der Waals surface area contributed by atoms with Crippen molar-refractivity contribution >= 4 is 11.8 Å². The van der Waals surface area contributed by atoms with Crippen LogP contribution in [-0.2, 0) is 9.59 Å². The van der Waals surface area contributed by atoms with Crippen LogP contribution in [0.4, 0.5) is 0 Å². The molecule has 0 aromatic heterocycles. The summed E-state index contributed by atoms with van der Waals surface area (Å²) in [7, 11) is 0. The summed E-state index contributed by atoms with van der Waals surface area (Å²) in [6.45, 7) is 2.01. The molecule has 0 fully saturated rings. The second-order valence-corrected chi connectivity index (χ2v) is 3.43. The summed E-state index contributed by atoms with van der Waals surface area (Å²) in [6.07, 6.45) is 1.88. The topological polar surface area (TPSA) is 74.6 Å². The van der Waals surface area contributed by atoms with Crippen LogP contribution in [0.2, 0.25) is 0 Å². The van der Waals surface area contributed by atoms with Crippen molar-refractivity contribution in [3.8, 4) is 0 Å². The van der Waals surface area contributed by atoms with E-state index in [1.165, 1.54) is 0 Å². The molecule has 4 heteroatoms. The molecule has 14 heavy (non-hydrogen) atoms. The predicted octanol–water partition coefficient (Wildman–Crippen LogP) is 1.36. The summed E-state index contributed by atoms with van der Waals surface area (Å²) in [5.74, 6) is -1.14. The van der Waals surface area contributed by atoms with Crippen LogP contribution in [0.15, 0.2) is 0 Å². The Morgan fingerprint density at radius 3 is 2.43 bits per heavy atom. The van der Waals surface area contributed by atoms with Gasteiger partial charge in [-0.1, -0.05) is 19.8 Å². The molecule has 4 nitrogen and oxygen atoms in total. The minimum atomic E-state index is -0.971. The standard InChI is InChI=1S/C10H18O4/c1-2-3-4-8(11)7-9(12)5-6-10(13)14/h8,11H,2-7H2,1H3,(H,13,14). The number of ketones is 1. The lowest BCUT2D eigenvalue weighted by molar-refractivity contribution is -0.138. The van der Waals surface area contributed by atoms with Crippen molar-refractivity contribution in [1.29, 1.82) is 0 Å². The average Bonchev–Trinajstić information content (AvgIpc) is 2.11. The Bertz CT molecular complexity index is 189. The number of Topliss-reactive ketones (excluding diaryl/α,β-unsaturated/α-hetero) is 1. The molecule has 0 bridgehead atoms. The van der Waals surface area contributed by atoms with Crippen molar-refractivity contribution < 1.29 is 19.8 Å². The quantitative estimate of drug-likeness (QED) is 0.623. The predicted molar refractivity (Wildman–Crippen MR) is 52.0 cm³/mol. The molecular weight excluding hydrogens is 184 g/mol. The number of carboxylic acid groups (broad SMARTS) is 1. The smallest absolute Gasteiger partial charge is 0.303 e. The fraction of sp³-hybridized carbons (Fsp3) is 0.800. The first-order chi connectivity index (χ1) is 6.56. The summed E-state index contributed by atoms with van der Waals surface area (Å²) in [4.78, 5) is 21.2. The molecule has 0 spiro atoms. The van der Waals surface area contributed by atoms with Crippen molar-refractivity contribution in [2.45, 2.75) is 51.6 Å². The van der Waals surface area contributed by atoms with E-state index in [4.69, 9.17) is 5.11 Å². The largest absolute Gasteiger partial charge is 0.481 e. The maximum absolute atomic E-state index is 11.1. The van der Waals surface area contributed by atoms with E-state index in [9.17, 15) is 14.7 Å². The summed E-state index contributed by atoms with van der Waals surface area (Å²) in [6, 6.07) is 0. The Kier molecular flexibility index (Phi) is 7.02. The third kappa shape index (κ3) is 7.73. The maximum atomic E-state index is 11.1. The van der Waals surface area contributed by atoms with Gasteiger partial charge in [0.15, 0.2) is 0 Å². The summed E-state index contributed by atoms with van der Waals surface area (Å²) >= 11 is 0. The van der Waals surface area contributed by atoms with E-state index in [0.29, 0.717) is 6.42 Å². The highest BCUT2D eigenvalue weighted by Gasteiger charge is 2.11. The highest BCUT2D eigenvalue weighted by molar-refractivity contribution is 5.82. The molecule has 0 radical (unpaired) electrons. The molecule has 1 atom stereocenters. The number of hydrogen-bond donors (Lipinski definition) is 2. The average molecular weight is 202 g/mol. The van der Waals surface area contributed by atoms with Crippen LogP contribution >= 0.6 is 0 Å². The second kappa shape index (κ2) is 7.50. The van der Waals surface area contributed by atoms with Gasteiger partial charge >= 0.3 is 5.97 Å². The van der Waals surface area contributed by atoms with Crippen molar-refractivity contribution in [2.24, 2.45) is 0 Å². The molecule has 0 aliphatic heterocycles. The molecule has 0 aromatic rings. The van der Waals surface area contributed by atoms with Crippen molar-refractivity contribution in [2.75, 3.05) is 0 Å². The summed E-state index contributed by atoms with van der Waals surface area (Å²) in [5.41, 5.74) is 0. The van der Waals surface area contributed by atoms with Gasteiger partial charge in [-0.05, 0) is 6.42 Å². The Hall–Kier alpha value is -0.900. The van der Waals surface area contributed by atoms with Crippen LogP contribution in [0.5, 0.6) is 0 Å². The number of aliphatic hydroxyl groups excluding tert-OH is 1. The Morgan fingerprint density at radius 1 is 1.29 bits per heavy atom. The Morgan fingerprint density at radius 2 is 1.93 bits per heavy atom. The van der Waals surface area contributed by atoms with E-state index in [-0.39, 0.29) is 25.0 Å². The van der Waals surface area contributed by atoms with Gasteiger partial charge in [0.25, 0.3) is 0 Å². The number of aliphatic hydroxyl groups is 1. The fourth-order valence-corrected chi connectivity index (χ4v) is 1.15. The van der Waals surface area contributed by atoms with Gasteiger partial charge in [-0.15, -0.1) is 0 Å². The van der Waals surface area contributed by atoms with E-state index >= 15 is 0 Å². The third-order valence-corrected chi connectivity index (χ3v) is 1.97. The third-order valence-electron chi connectivity index (χ3n) is 1.97. The first-order valence-corrected chi connectivity index (χ1v) is 4.97. The van der Waals surface area contributed by atoms with Gasteiger partial charge in [-0.2, -0.15) is 0 Å². The lowest BCUT2D eigenvalue weighted by atomic mass is 10.0. The molecule has 0 rings (SSSR count). The maximum Gasteiger partial charge on any atom is 0.303 e. The second-order valence-electron chi connectivity index (χ2n) is 3.43. The van der Waals surface area contributed by atoms with Gasteiger partial charge in [0.2, 0.25) is 0 Å². The lowest BCUT2D eigenvalue weighted by Crippen LogP contribution is -2.14. The van der Waals surface area contributed by atoms with E-state index in [1.807, 2.05) is 6.92 Å². The molecule has 0 heterocycles. The van der Waals surface area contributed by atoms with Crippen LogP contribution in [0, 0.1) is 0 Å². The van der Waals surface area contributed by atoms with E-state index in [0.717, 1.165) is 12.8 Å². The highest BCUT2D eigenvalue weighted by Crippen LogP contribution is 2.06. The highest BCUT2D eigenvalue weighted by atomic mass is 16.4. The fourth-order valence-electron chi connectivity index (χ4n) is 1.15. The van der Waals surface area contributed by atoms with Crippen molar-refractivity contribution in [1.82, 2.24) is 0 Å². The molecule has 0 aliphatic rings. The van der Waals surface area contributed by atoms with Crippen LogP contribution in [-0.4, -0.2) is 28.1 Å². The van der Waals surface area contributed by atoms with Crippen LogP contribution < -0.4 is 0 Å². The van der Waals surface area contributed by atoms with Crippen molar-refractivity contribution in [3.05, 3.63) is 0 Å². The SMILES string of the molecule is CCCCC(O)CC(=O)CCC(=O)O. The lowest BCUT2D eigenvalue weighted by Gasteiger charge is -2.07. The van der Waals surface area contributed by atoms with Gasteiger partial charge in [0.1, 0.15) is 5.78 Å². The molecule has 82 valence electrons. The normalized spacial score (nSPS) is 12.4. The van der Waals surface area contributed by atoms with E-state index in [2.05, 4.69) is 0 Å². The monoisotopic (exact) mass is 202 g/mol. The van der Waals surface area contributed by atoms with Crippen molar-refractivity contribution in [3.63, 3.8) is 0 Å². The van der Waals surface area contributed by atoms with E-state index in [1.54, 1.807) is 0 Å². The summed E-state index contributed by atoms with van der Waals surface area (Å²) < 4.78 is 0. The zero-order valence-electron chi connectivity index (χ0n) is 8.53. The molecule has 0 saturated heterocycles. The van der Waals surface area contributed by atoms with Gasteiger partial charge in [-0.25, -0.2) is 0 Å². The number of unbranched alkanes of at least 4 members (excludes halogenated alkanes) is 1. The molecule has 0 aromatic carbocycles. The number of aliphatic carboxylic acids is 1. The molecule has 2 N–H and O–H groups in total. The number of carboxylic acids is 1. The molecule has 0 amide bonds. The molecule has 0 saturated carbocycles. The Labute approximate surface area is 83.9 Å². The van der Waals surface area contributed by atoms with Crippen LogP contribution in [0.25, 0.3) is 0 Å². The number of rotatable bonds is 8. The van der Waals surface area contributed by atoms with Gasteiger partial charge in [0.05, 0.1) is 12.5 Å². The Balaban J connectivity index is 3.55. The van der Waals surface area contributed by atoms with Gasteiger partial charge in [-0.3, -0.25) is 9.59 Å². The first-order valence-electron chi connectivity index (χ1n) is 4.97. The van der Waals surface area contributed by atoms with E-state index < -0.39 is 12.1 Å². The number of carbonyl (C=O) groups excluding carboxylic acids is 1. The zero-order chi connectivity index (χ0) is 11.0. The number of hydrogen-bond acceptors (Lipinski definition) is 3. The minimum Gasteiger partial charge on any atom is -0.481 e.